The standard InChI is InChI=1S/C16H27NO2/c1-6-7-8-19-15-9-14(11-17-13(15)4)10-16(5,18)12(2)3/h9,11-12,18H,6-8,10H2,1-5H3. The molecule has 1 unspecified atom stereocenters. The molecule has 1 atom stereocenters. The fourth-order valence-electron chi connectivity index (χ4n) is 1.74. The number of rotatable bonds is 7. The number of ether oxygens (including phenoxy) is 1. The van der Waals surface area contributed by atoms with Crippen molar-refractivity contribution >= 4 is 0 Å². The Balaban J connectivity index is 2.78. The lowest BCUT2D eigenvalue weighted by atomic mass is 9.86. The fraction of sp³-hybridized carbons (Fsp3) is 0.688. The summed E-state index contributed by atoms with van der Waals surface area (Å²) in [6, 6.07) is 2.01. The average molecular weight is 265 g/mol. The molecular weight excluding hydrogens is 238 g/mol. The summed E-state index contributed by atoms with van der Waals surface area (Å²) in [5.41, 5.74) is 1.22. The summed E-state index contributed by atoms with van der Waals surface area (Å²) in [6.07, 6.45) is 4.60. The first kappa shape index (κ1) is 16.0. The Morgan fingerprint density at radius 1 is 1.42 bits per heavy atom. The Morgan fingerprint density at radius 2 is 2.11 bits per heavy atom. The van der Waals surface area contributed by atoms with Crippen LogP contribution in [0.15, 0.2) is 12.3 Å². The molecule has 0 saturated carbocycles. The molecule has 0 amide bonds. The van der Waals surface area contributed by atoms with Gasteiger partial charge >= 0.3 is 0 Å². The van der Waals surface area contributed by atoms with E-state index in [1.165, 1.54) is 0 Å². The van der Waals surface area contributed by atoms with Crippen LogP contribution >= 0.6 is 0 Å². The van der Waals surface area contributed by atoms with Crippen molar-refractivity contribution < 1.29 is 9.84 Å². The van der Waals surface area contributed by atoms with E-state index >= 15 is 0 Å². The maximum absolute atomic E-state index is 10.4. The van der Waals surface area contributed by atoms with Gasteiger partial charge in [0.25, 0.3) is 0 Å². The molecule has 19 heavy (non-hydrogen) atoms. The molecule has 0 bridgehead atoms. The molecule has 3 heteroatoms. The minimum absolute atomic E-state index is 0.207. The van der Waals surface area contributed by atoms with E-state index in [2.05, 4.69) is 11.9 Å². The van der Waals surface area contributed by atoms with E-state index in [9.17, 15) is 5.11 Å². The Hall–Kier alpha value is -1.09. The van der Waals surface area contributed by atoms with E-state index in [0.717, 1.165) is 36.5 Å². The van der Waals surface area contributed by atoms with Crippen molar-refractivity contribution in [2.75, 3.05) is 6.61 Å². The second kappa shape index (κ2) is 6.90. The van der Waals surface area contributed by atoms with E-state index in [0.29, 0.717) is 6.42 Å². The molecule has 0 radical (unpaired) electrons. The lowest BCUT2D eigenvalue weighted by molar-refractivity contribution is 0.0138. The molecule has 0 aliphatic heterocycles. The van der Waals surface area contributed by atoms with E-state index in [1.54, 1.807) is 0 Å². The zero-order valence-corrected chi connectivity index (χ0v) is 12.9. The number of aliphatic hydroxyl groups is 1. The molecule has 0 aromatic carbocycles. The number of hydrogen-bond acceptors (Lipinski definition) is 3. The van der Waals surface area contributed by atoms with Crippen LogP contribution < -0.4 is 4.74 Å². The quantitative estimate of drug-likeness (QED) is 0.767. The summed E-state index contributed by atoms with van der Waals surface area (Å²) in [6.45, 7) is 10.7. The second-order valence-electron chi connectivity index (χ2n) is 5.82. The van der Waals surface area contributed by atoms with Crippen molar-refractivity contribution in [1.29, 1.82) is 0 Å². The number of unbranched alkanes of at least 4 members (excludes halogenated alkanes) is 1. The monoisotopic (exact) mass is 265 g/mol. The molecule has 1 N–H and O–H groups in total. The van der Waals surface area contributed by atoms with Crippen LogP contribution in [0.25, 0.3) is 0 Å². The molecule has 1 aromatic rings. The molecule has 0 saturated heterocycles. The number of pyridine rings is 1. The first-order valence-electron chi connectivity index (χ1n) is 7.17. The molecule has 1 rings (SSSR count). The van der Waals surface area contributed by atoms with Crippen LogP contribution in [0.3, 0.4) is 0 Å². The summed E-state index contributed by atoms with van der Waals surface area (Å²) in [5, 5.41) is 10.4. The smallest absolute Gasteiger partial charge is 0.140 e. The molecule has 3 nitrogen and oxygen atoms in total. The molecule has 0 aliphatic rings. The number of nitrogens with zero attached hydrogens (tertiary/aromatic N) is 1. The van der Waals surface area contributed by atoms with Gasteiger partial charge in [-0.2, -0.15) is 0 Å². The highest BCUT2D eigenvalue weighted by Crippen LogP contribution is 2.24. The minimum Gasteiger partial charge on any atom is -0.492 e. The van der Waals surface area contributed by atoms with E-state index in [-0.39, 0.29) is 5.92 Å². The van der Waals surface area contributed by atoms with Crippen LogP contribution in [0, 0.1) is 12.8 Å². The highest BCUT2D eigenvalue weighted by Gasteiger charge is 2.25. The average Bonchev–Trinajstić information content (AvgIpc) is 2.33. The van der Waals surface area contributed by atoms with Gasteiger partial charge in [-0.05, 0) is 37.8 Å². The van der Waals surface area contributed by atoms with E-state index in [4.69, 9.17) is 4.74 Å². The van der Waals surface area contributed by atoms with Crippen molar-refractivity contribution in [3.8, 4) is 5.75 Å². The SMILES string of the molecule is CCCCOc1cc(CC(C)(O)C(C)C)cnc1C. The minimum atomic E-state index is -0.711. The van der Waals surface area contributed by atoms with Gasteiger partial charge in [-0.25, -0.2) is 0 Å². The predicted octanol–water partition coefficient (Wildman–Crippen LogP) is 3.52. The third-order valence-corrected chi connectivity index (χ3v) is 3.66. The van der Waals surface area contributed by atoms with Gasteiger partial charge in [0.05, 0.1) is 17.9 Å². The first-order valence-corrected chi connectivity index (χ1v) is 7.17. The van der Waals surface area contributed by atoms with Crippen LogP contribution in [0.1, 0.15) is 51.8 Å². The Morgan fingerprint density at radius 3 is 2.68 bits per heavy atom. The molecule has 0 aliphatic carbocycles. The van der Waals surface area contributed by atoms with Crippen LogP contribution in [-0.4, -0.2) is 22.3 Å². The second-order valence-corrected chi connectivity index (χ2v) is 5.82. The van der Waals surface area contributed by atoms with Gasteiger partial charge in [-0.3, -0.25) is 4.98 Å². The van der Waals surface area contributed by atoms with Gasteiger partial charge in [0.1, 0.15) is 5.75 Å². The van der Waals surface area contributed by atoms with Gasteiger partial charge in [-0.1, -0.05) is 27.2 Å². The summed E-state index contributed by atoms with van der Waals surface area (Å²) >= 11 is 0. The third kappa shape index (κ3) is 4.83. The van der Waals surface area contributed by atoms with Gasteiger partial charge in [0.15, 0.2) is 0 Å². The number of hydrogen-bond donors (Lipinski definition) is 1. The topological polar surface area (TPSA) is 42.4 Å². The normalized spacial score (nSPS) is 14.5. The largest absolute Gasteiger partial charge is 0.492 e. The summed E-state index contributed by atoms with van der Waals surface area (Å²) in [4.78, 5) is 4.37. The zero-order valence-electron chi connectivity index (χ0n) is 12.9. The maximum atomic E-state index is 10.4. The van der Waals surface area contributed by atoms with Crippen LogP contribution in [0.5, 0.6) is 5.75 Å². The number of aryl methyl sites for hydroxylation is 1. The maximum Gasteiger partial charge on any atom is 0.140 e. The molecular formula is C16H27NO2. The lowest BCUT2D eigenvalue weighted by Crippen LogP contribution is -2.33. The molecule has 108 valence electrons. The molecule has 1 aromatic heterocycles. The zero-order chi connectivity index (χ0) is 14.5. The summed E-state index contributed by atoms with van der Waals surface area (Å²) in [7, 11) is 0. The first-order chi connectivity index (χ1) is 8.86. The van der Waals surface area contributed by atoms with Crippen molar-refractivity contribution in [3.63, 3.8) is 0 Å². The molecule has 0 fully saturated rings. The number of aromatic nitrogens is 1. The van der Waals surface area contributed by atoms with Gasteiger partial charge < -0.3 is 9.84 Å². The van der Waals surface area contributed by atoms with Crippen LogP contribution in [0.2, 0.25) is 0 Å². The predicted molar refractivity (Wildman–Crippen MR) is 78.5 cm³/mol. The molecule has 1 heterocycles. The van der Waals surface area contributed by atoms with E-state index < -0.39 is 5.60 Å². The van der Waals surface area contributed by atoms with Gasteiger partial charge in [-0.15, -0.1) is 0 Å². The van der Waals surface area contributed by atoms with Gasteiger partial charge in [0, 0.05) is 12.6 Å². The summed E-state index contributed by atoms with van der Waals surface area (Å²) in [5.74, 6) is 1.05. The molecule has 0 spiro atoms. The van der Waals surface area contributed by atoms with E-state index in [1.807, 2.05) is 40.0 Å². The van der Waals surface area contributed by atoms with Crippen molar-refractivity contribution in [3.05, 3.63) is 23.5 Å². The Bertz CT molecular complexity index is 400. The van der Waals surface area contributed by atoms with Crippen molar-refractivity contribution in [2.45, 2.75) is 59.5 Å². The summed E-state index contributed by atoms with van der Waals surface area (Å²) < 4.78 is 5.75. The fourth-order valence-corrected chi connectivity index (χ4v) is 1.74. The highest BCUT2D eigenvalue weighted by molar-refractivity contribution is 5.31. The van der Waals surface area contributed by atoms with Crippen molar-refractivity contribution in [1.82, 2.24) is 4.98 Å². The Labute approximate surface area is 117 Å². The lowest BCUT2D eigenvalue weighted by Gasteiger charge is -2.27. The van der Waals surface area contributed by atoms with Crippen LogP contribution in [0.4, 0.5) is 0 Å². The van der Waals surface area contributed by atoms with Crippen molar-refractivity contribution in [2.24, 2.45) is 5.92 Å². The Kier molecular flexibility index (Phi) is 5.80. The van der Waals surface area contributed by atoms with Crippen LogP contribution in [-0.2, 0) is 6.42 Å². The highest BCUT2D eigenvalue weighted by atomic mass is 16.5. The third-order valence-electron chi connectivity index (χ3n) is 3.66. The van der Waals surface area contributed by atoms with Gasteiger partial charge in [0.2, 0.25) is 0 Å².